The van der Waals surface area contributed by atoms with E-state index >= 15 is 0 Å². The Morgan fingerprint density at radius 1 is 1.22 bits per heavy atom. The number of nitrogens with zero attached hydrogens (tertiary/aromatic N) is 1. The molecule has 1 atom stereocenters. The molecule has 1 heterocycles. The summed E-state index contributed by atoms with van der Waals surface area (Å²) >= 11 is 0. The average molecular weight is 388 g/mol. The maximum Gasteiger partial charge on any atom is 0.255 e. The van der Waals surface area contributed by atoms with Crippen LogP contribution in [0.5, 0.6) is 0 Å². The average Bonchev–Trinajstić information content (AvgIpc) is 2.68. The van der Waals surface area contributed by atoms with Crippen molar-refractivity contribution in [3.8, 4) is 0 Å². The molecule has 1 aliphatic heterocycles. The lowest BCUT2D eigenvalue weighted by atomic mass is 10.1. The lowest BCUT2D eigenvalue weighted by Crippen LogP contribution is -2.44. The smallest absolute Gasteiger partial charge is 0.255 e. The van der Waals surface area contributed by atoms with Gasteiger partial charge in [0.2, 0.25) is 10.0 Å². The molecule has 0 aliphatic carbocycles. The van der Waals surface area contributed by atoms with Gasteiger partial charge in [0.25, 0.3) is 5.91 Å². The molecule has 1 unspecified atom stereocenters. The third-order valence-electron chi connectivity index (χ3n) is 4.58. The third-order valence-corrected chi connectivity index (χ3v) is 6.45. The maximum absolute atomic E-state index is 12.9. The highest BCUT2D eigenvalue weighted by atomic mass is 32.2. The zero-order valence-electron chi connectivity index (χ0n) is 15.5. The Bertz CT molecular complexity index is 927. The molecule has 1 fully saturated rings. The van der Waals surface area contributed by atoms with E-state index in [4.69, 9.17) is 4.74 Å². The zero-order valence-corrected chi connectivity index (χ0v) is 16.3. The van der Waals surface area contributed by atoms with Crippen LogP contribution in [0.25, 0.3) is 0 Å². The summed E-state index contributed by atoms with van der Waals surface area (Å²) in [4.78, 5) is 12.8. The fourth-order valence-electron chi connectivity index (χ4n) is 3.10. The van der Waals surface area contributed by atoms with Gasteiger partial charge in [-0.15, -0.1) is 0 Å². The van der Waals surface area contributed by atoms with Crippen molar-refractivity contribution in [3.63, 3.8) is 0 Å². The first kappa shape index (κ1) is 19.5. The van der Waals surface area contributed by atoms with Crippen molar-refractivity contribution in [3.05, 3.63) is 59.7 Å². The largest absolute Gasteiger partial charge is 0.376 e. The number of sulfonamides is 1. The van der Waals surface area contributed by atoms with Gasteiger partial charge >= 0.3 is 0 Å². The first-order valence-corrected chi connectivity index (χ1v) is 10.5. The summed E-state index contributed by atoms with van der Waals surface area (Å²) in [6, 6.07) is 13.7. The number of amides is 1. The van der Waals surface area contributed by atoms with Crippen LogP contribution < -0.4 is 5.32 Å². The molecular formula is C20H24N2O4S. The van der Waals surface area contributed by atoms with E-state index in [2.05, 4.69) is 5.32 Å². The predicted octanol–water partition coefficient (Wildman–Crippen LogP) is 2.91. The van der Waals surface area contributed by atoms with Gasteiger partial charge in [-0.25, -0.2) is 8.42 Å². The SMILES string of the molecule is CCc1ccccc1NC(=O)c1cccc(S(=O)(=O)N2CCOC(C)C2)c1. The third kappa shape index (κ3) is 4.37. The Labute approximate surface area is 160 Å². The number of hydrogen-bond acceptors (Lipinski definition) is 4. The Balaban J connectivity index is 1.83. The second-order valence-electron chi connectivity index (χ2n) is 6.54. The minimum atomic E-state index is -3.66. The summed E-state index contributed by atoms with van der Waals surface area (Å²) in [5.41, 5.74) is 2.07. The molecule has 1 amide bonds. The van der Waals surface area contributed by atoms with E-state index in [1.807, 2.05) is 38.1 Å². The molecule has 2 aromatic rings. The highest BCUT2D eigenvalue weighted by Gasteiger charge is 2.29. The van der Waals surface area contributed by atoms with E-state index in [1.54, 1.807) is 12.1 Å². The quantitative estimate of drug-likeness (QED) is 0.855. The van der Waals surface area contributed by atoms with Crippen LogP contribution in [0.1, 0.15) is 29.8 Å². The Morgan fingerprint density at radius 3 is 2.74 bits per heavy atom. The number of rotatable bonds is 5. The van der Waals surface area contributed by atoms with E-state index in [0.717, 1.165) is 17.7 Å². The highest BCUT2D eigenvalue weighted by Crippen LogP contribution is 2.21. The van der Waals surface area contributed by atoms with E-state index in [0.29, 0.717) is 25.3 Å². The number of hydrogen-bond donors (Lipinski definition) is 1. The molecular weight excluding hydrogens is 364 g/mol. The van der Waals surface area contributed by atoms with Gasteiger partial charge in [0.05, 0.1) is 17.6 Å². The minimum absolute atomic E-state index is 0.119. The van der Waals surface area contributed by atoms with Crippen LogP contribution in [-0.4, -0.2) is 44.4 Å². The molecule has 7 heteroatoms. The first-order valence-electron chi connectivity index (χ1n) is 9.03. The molecule has 0 radical (unpaired) electrons. The van der Waals surface area contributed by atoms with Crippen molar-refractivity contribution < 1.29 is 17.9 Å². The number of para-hydroxylation sites is 1. The molecule has 1 N–H and O–H groups in total. The molecule has 1 saturated heterocycles. The molecule has 0 spiro atoms. The van der Waals surface area contributed by atoms with Gasteiger partial charge in [-0.2, -0.15) is 4.31 Å². The zero-order chi connectivity index (χ0) is 19.4. The molecule has 1 aliphatic rings. The van der Waals surface area contributed by atoms with Crippen LogP contribution in [0.3, 0.4) is 0 Å². The molecule has 27 heavy (non-hydrogen) atoms. The second kappa shape index (κ2) is 8.21. The number of ether oxygens (including phenoxy) is 1. The molecule has 3 rings (SSSR count). The monoisotopic (exact) mass is 388 g/mol. The van der Waals surface area contributed by atoms with Crippen molar-refractivity contribution in [2.24, 2.45) is 0 Å². The van der Waals surface area contributed by atoms with Crippen molar-refractivity contribution in [1.82, 2.24) is 4.31 Å². The van der Waals surface area contributed by atoms with Gasteiger partial charge in [-0.3, -0.25) is 4.79 Å². The van der Waals surface area contributed by atoms with Crippen molar-refractivity contribution in [1.29, 1.82) is 0 Å². The number of benzene rings is 2. The molecule has 0 bridgehead atoms. The summed E-state index contributed by atoms with van der Waals surface area (Å²) in [7, 11) is -3.66. The second-order valence-corrected chi connectivity index (χ2v) is 8.48. The molecule has 0 saturated carbocycles. The van der Waals surface area contributed by atoms with Crippen LogP contribution in [-0.2, 0) is 21.2 Å². The number of carbonyl (C=O) groups is 1. The Hall–Kier alpha value is -2.22. The fourth-order valence-corrected chi connectivity index (χ4v) is 4.64. The lowest BCUT2D eigenvalue weighted by Gasteiger charge is -2.30. The van der Waals surface area contributed by atoms with Crippen LogP contribution in [0.4, 0.5) is 5.69 Å². The van der Waals surface area contributed by atoms with Crippen molar-refractivity contribution in [2.75, 3.05) is 25.0 Å². The minimum Gasteiger partial charge on any atom is -0.376 e. The van der Waals surface area contributed by atoms with E-state index in [1.165, 1.54) is 16.4 Å². The standard InChI is InChI=1S/C20H24N2O4S/c1-3-16-7-4-5-10-19(16)21-20(23)17-8-6-9-18(13-17)27(24,25)22-11-12-26-15(2)14-22/h4-10,13,15H,3,11-12,14H2,1-2H3,(H,21,23). The van der Waals surface area contributed by atoms with Crippen molar-refractivity contribution >= 4 is 21.6 Å². The molecule has 6 nitrogen and oxygen atoms in total. The highest BCUT2D eigenvalue weighted by molar-refractivity contribution is 7.89. The van der Waals surface area contributed by atoms with E-state index in [9.17, 15) is 13.2 Å². The maximum atomic E-state index is 12.9. The Morgan fingerprint density at radius 2 is 2.00 bits per heavy atom. The molecule has 0 aromatic heterocycles. The van der Waals surface area contributed by atoms with Crippen LogP contribution >= 0.6 is 0 Å². The number of nitrogens with one attached hydrogen (secondary N) is 1. The topological polar surface area (TPSA) is 75.7 Å². The summed E-state index contributed by atoms with van der Waals surface area (Å²) < 4.78 is 32.6. The van der Waals surface area contributed by atoms with Gasteiger partial charge in [-0.1, -0.05) is 31.2 Å². The lowest BCUT2D eigenvalue weighted by molar-refractivity contribution is 0.0102. The van der Waals surface area contributed by atoms with Gasteiger partial charge in [0.1, 0.15) is 0 Å². The summed E-state index contributed by atoms with van der Waals surface area (Å²) in [5.74, 6) is -0.330. The number of carbonyl (C=O) groups excluding carboxylic acids is 1. The number of anilines is 1. The van der Waals surface area contributed by atoms with E-state index in [-0.39, 0.29) is 16.9 Å². The fraction of sp³-hybridized carbons (Fsp3) is 0.350. The van der Waals surface area contributed by atoms with Gasteiger partial charge < -0.3 is 10.1 Å². The van der Waals surface area contributed by atoms with Crippen LogP contribution in [0.2, 0.25) is 0 Å². The molecule has 144 valence electrons. The first-order chi connectivity index (χ1) is 12.9. The number of morpholine rings is 1. The van der Waals surface area contributed by atoms with E-state index < -0.39 is 10.0 Å². The van der Waals surface area contributed by atoms with Gasteiger partial charge in [0.15, 0.2) is 0 Å². The normalized spacial score (nSPS) is 18.2. The van der Waals surface area contributed by atoms with Crippen molar-refractivity contribution in [2.45, 2.75) is 31.3 Å². The Kier molecular flexibility index (Phi) is 5.94. The number of aryl methyl sites for hydroxylation is 1. The van der Waals surface area contributed by atoms with Crippen LogP contribution in [0, 0.1) is 0 Å². The summed E-state index contributed by atoms with van der Waals surface area (Å²) in [5, 5.41) is 2.88. The molecule has 2 aromatic carbocycles. The van der Waals surface area contributed by atoms with Gasteiger partial charge in [0, 0.05) is 24.3 Å². The summed E-state index contributed by atoms with van der Waals surface area (Å²) in [6.45, 7) is 4.85. The summed E-state index contributed by atoms with van der Waals surface area (Å²) in [6.07, 6.45) is 0.644. The van der Waals surface area contributed by atoms with Crippen LogP contribution in [0.15, 0.2) is 53.4 Å². The predicted molar refractivity (Wildman–Crippen MR) is 104 cm³/mol. The van der Waals surface area contributed by atoms with Gasteiger partial charge in [-0.05, 0) is 43.2 Å².